The van der Waals surface area contributed by atoms with Crippen LogP contribution >= 0.6 is 0 Å². The van der Waals surface area contributed by atoms with Crippen LogP contribution in [0.4, 0.5) is 0 Å². The molecule has 1 rings (SSSR count). The Labute approximate surface area is 73.7 Å². The summed E-state index contributed by atoms with van der Waals surface area (Å²) in [4.78, 5) is 26.5. The van der Waals surface area contributed by atoms with E-state index < -0.39 is 11.2 Å². The third-order valence-corrected chi connectivity index (χ3v) is 1.54. The number of H-pyrrole nitrogens is 2. The third-order valence-electron chi connectivity index (χ3n) is 1.54. The summed E-state index contributed by atoms with van der Waals surface area (Å²) in [6, 6.07) is 0. The minimum Gasteiger partial charge on any atom is -0.313 e. The van der Waals surface area contributed by atoms with Gasteiger partial charge < -0.3 is 10.4 Å². The summed E-state index contributed by atoms with van der Waals surface area (Å²) in [7, 11) is 1.62. The topological polar surface area (TPSA) is 90.1 Å². The van der Waals surface area contributed by atoms with Crippen molar-refractivity contribution in [3.05, 3.63) is 32.1 Å². The highest BCUT2D eigenvalue weighted by Gasteiger charge is 2.00. The Bertz CT molecular complexity index is 429. The molecule has 1 aromatic rings. The van der Waals surface area contributed by atoms with Gasteiger partial charge in [0.2, 0.25) is 0 Å². The molecule has 0 aromatic carbocycles. The molecule has 0 spiro atoms. The maximum absolute atomic E-state index is 11.1. The Morgan fingerprint density at radius 3 is 2.69 bits per heavy atom. The molecule has 13 heavy (non-hydrogen) atoms. The molecule has 0 aliphatic carbocycles. The number of nitrogens with zero attached hydrogens (tertiary/aromatic N) is 1. The normalized spacial score (nSPS) is 10.6. The van der Waals surface area contributed by atoms with E-state index in [9.17, 15) is 9.59 Å². The fourth-order valence-corrected chi connectivity index (χ4v) is 0.825. The summed E-state index contributed by atoms with van der Waals surface area (Å²) in [5.74, 6) is 0. The first-order valence-corrected chi connectivity index (χ1v) is 3.68. The van der Waals surface area contributed by atoms with E-state index in [0.717, 1.165) is 0 Å². The Balaban J connectivity index is 3.29. The van der Waals surface area contributed by atoms with E-state index in [2.05, 4.69) is 20.5 Å². The molecule has 0 saturated heterocycles. The van der Waals surface area contributed by atoms with Gasteiger partial charge in [-0.15, -0.1) is 0 Å². The van der Waals surface area contributed by atoms with E-state index in [-0.39, 0.29) is 0 Å². The molecule has 0 unspecified atom stereocenters. The van der Waals surface area contributed by atoms with Gasteiger partial charge in [0.05, 0.1) is 11.9 Å². The zero-order valence-corrected chi connectivity index (χ0v) is 7.34. The standard InChI is InChI=1S/C7H10N4O2/c1-4-5(3-9-8-2)10-7(13)11-6(4)12/h3,8H,1-2H3,(H2,10,11,12,13). The van der Waals surface area contributed by atoms with E-state index in [4.69, 9.17) is 0 Å². The number of hydrogen-bond acceptors (Lipinski definition) is 4. The van der Waals surface area contributed by atoms with E-state index >= 15 is 0 Å². The van der Waals surface area contributed by atoms with Gasteiger partial charge in [-0.3, -0.25) is 9.78 Å². The van der Waals surface area contributed by atoms with Crippen LogP contribution < -0.4 is 16.7 Å². The summed E-state index contributed by atoms with van der Waals surface area (Å²) >= 11 is 0. The molecule has 1 heterocycles. The third kappa shape index (κ3) is 2.05. The molecule has 0 fully saturated rings. The van der Waals surface area contributed by atoms with Gasteiger partial charge in [-0.25, -0.2) is 4.79 Å². The quantitative estimate of drug-likeness (QED) is 0.401. The second-order valence-electron chi connectivity index (χ2n) is 2.43. The predicted molar refractivity (Wildman–Crippen MR) is 49.1 cm³/mol. The van der Waals surface area contributed by atoms with Crippen LogP contribution in [-0.4, -0.2) is 23.2 Å². The van der Waals surface area contributed by atoms with E-state index in [0.29, 0.717) is 11.3 Å². The van der Waals surface area contributed by atoms with Crippen molar-refractivity contribution in [1.29, 1.82) is 0 Å². The van der Waals surface area contributed by atoms with Crippen molar-refractivity contribution >= 4 is 6.21 Å². The SMILES string of the molecule is CNN=Cc1[nH]c(=O)[nH]c(=O)c1C. The molecule has 6 heteroatoms. The van der Waals surface area contributed by atoms with Crippen molar-refractivity contribution in [2.75, 3.05) is 7.05 Å². The Hall–Kier alpha value is -1.85. The van der Waals surface area contributed by atoms with Crippen molar-refractivity contribution in [3.63, 3.8) is 0 Å². The van der Waals surface area contributed by atoms with Crippen molar-refractivity contribution in [3.8, 4) is 0 Å². The van der Waals surface area contributed by atoms with Crippen LogP contribution in [-0.2, 0) is 0 Å². The summed E-state index contributed by atoms with van der Waals surface area (Å²) in [5.41, 5.74) is 2.42. The molecule has 1 aromatic heterocycles. The van der Waals surface area contributed by atoms with Crippen molar-refractivity contribution in [1.82, 2.24) is 15.4 Å². The fraction of sp³-hybridized carbons (Fsp3) is 0.286. The smallest absolute Gasteiger partial charge is 0.313 e. The minimum atomic E-state index is -0.534. The molecule has 0 bridgehead atoms. The van der Waals surface area contributed by atoms with Crippen molar-refractivity contribution in [2.24, 2.45) is 5.10 Å². The van der Waals surface area contributed by atoms with Crippen LogP contribution in [0.1, 0.15) is 11.3 Å². The van der Waals surface area contributed by atoms with Crippen LogP contribution in [0.25, 0.3) is 0 Å². The number of aromatic amines is 2. The maximum Gasteiger partial charge on any atom is 0.326 e. The first-order chi connectivity index (χ1) is 6.15. The van der Waals surface area contributed by atoms with Gasteiger partial charge >= 0.3 is 5.69 Å². The summed E-state index contributed by atoms with van der Waals surface area (Å²) in [5, 5.41) is 3.69. The second-order valence-corrected chi connectivity index (χ2v) is 2.43. The zero-order chi connectivity index (χ0) is 9.84. The molecule has 0 atom stereocenters. The fourth-order valence-electron chi connectivity index (χ4n) is 0.825. The van der Waals surface area contributed by atoms with Crippen molar-refractivity contribution < 1.29 is 0 Å². The predicted octanol–water partition coefficient (Wildman–Crippen LogP) is -1.08. The van der Waals surface area contributed by atoms with Gasteiger partial charge in [0.25, 0.3) is 5.56 Å². The summed E-state index contributed by atoms with van der Waals surface area (Å²) in [6.45, 7) is 1.60. The lowest BCUT2D eigenvalue weighted by atomic mass is 10.3. The zero-order valence-electron chi connectivity index (χ0n) is 7.34. The van der Waals surface area contributed by atoms with Gasteiger partial charge in [0.15, 0.2) is 0 Å². The average molecular weight is 182 g/mol. The van der Waals surface area contributed by atoms with Crippen LogP contribution in [0.3, 0.4) is 0 Å². The molecule has 0 aliphatic heterocycles. The van der Waals surface area contributed by atoms with Crippen LogP contribution in [0, 0.1) is 6.92 Å². The second kappa shape index (κ2) is 3.70. The van der Waals surface area contributed by atoms with Gasteiger partial charge in [-0.05, 0) is 6.92 Å². The lowest BCUT2D eigenvalue weighted by Crippen LogP contribution is -2.26. The number of aromatic nitrogens is 2. The Morgan fingerprint density at radius 2 is 2.08 bits per heavy atom. The molecular weight excluding hydrogens is 172 g/mol. The largest absolute Gasteiger partial charge is 0.326 e. The molecule has 0 amide bonds. The molecule has 0 saturated carbocycles. The number of hydrazone groups is 1. The van der Waals surface area contributed by atoms with Gasteiger partial charge in [0.1, 0.15) is 0 Å². The molecule has 3 N–H and O–H groups in total. The Kier molecular flexibility index (Phi) is 2.63. The molecule has 0 aliphatic rings. The van der Waals surface area contributed by atoms with Crippen LogP contribution in [0.15, 0.2) is 14.7 Å². The first kappa shape index (κ1) is 9.24. The summed E-state index contributed by atoms with van der Waals surface area (Å²) in [6.07, 6.45) is 1.38. The van der Waals surface area contributed by atoms with Crippen molar-refractivity contribution in [2.45, 2.75) is 6.92 Å². The van der Waals surface area contributed by atoms with Crippen LogP contribution in [0.5, 0.6) is 0 Å². The average Bonchev–Trinajstić information content (AvgIpc) is 2.09. The lowest BCUT2D eigenvalue weighted by molar-refractivity contribution is 0.903. The number of nitrogens with one attached hydrogen (secondary N) is 3. The highest BCUT2D eigenvalue weighted by Crippen LogP contribution is 1.88. The van der Waals surface area contributed by atoms with Gasteiger partial charge in [-0.2, -0.15) is 5.10 Å². The van der Waals surface area contributed by atoms with Crippen LogP contribution in [0.2, 0.25) is 0 Å². The summed E-state index contributed by atoms with van der Waals surface area (Å²) < 4.78 is 0. The van der Waals surface area contributed by atoms with E-state index in [1.54, 1.807) is 14.0 Å². The van der Waals surface area contributed by atoms with E-state index in [1.807, 2.05) is 0 Å². The first-order valence-electron chi connectivity index (χ1n) is 3.68. The number of rotatable bonds is 2. The minimum absolute atomic E-state index is 0.402. The highest BCUT2D eigenvalue weighted by atomic mass is 16.2. The van der Waals surface area contributed by atoms with Gasteiger partial charge in [-0.1, -0.05) is 0 Å². The lowest BCUT2D eigenvalue weighted by Gasteiger charge is -1.96. The van der Waals surface area contributed by atoms with E-state index in [1.165, 1.54) is 6.21 Å². The monoisotopic (exact) mass is 182 g/mol. The maximum atomic E-state index is 11.1. The molecule has 70 valence electrons. The Morgan fingerprint density at radius 1 is 1.38 bits per heavy atom. The van der Waals surface area contributed by atoms with Gasteiger partial charge in [0, 0.05) is 12.6 Å². The number of hydrogen-bond donors (Lipinski definition) is 3. The molecular formula is C7H10N4O2. The highest BCUT2D eigenvalue weighted by molar-refractivity contribution is 5.78. The molecule has 6 nitrogen and oxygen atoms in total. The molecule has 0 radical (unpaired) electrons.